The maximum absolute atomic E-state index is 5.32. The lowest BCUT2D eigenvalue weighted by molar-refractivity contribution is 0.412. The third-order valence-corrected chi connectivity index (χ3v) is 4.50. The minimum atomic E-state index is 0.652. The molecule has 108 valence electrons. The van der Waals surface area contributed by atoms with Crippen LogP contribution in [0.2, 0.25) is 0 Å². The van der Waals surface area contributed by atoms with Crippen molar-refractivity contribution in [3.8, 4) is 5.75 Å². The molecule has 5 nitrogen and oxygen atoms in total. The lowest BCUT2D eigenvalue weighted by Gasteiger charge is -2.12. The van der Waals surface area contributed by atoms with Gasteiger partial charge < -0.3 is 14.5 Å². The van der Waals surface area contributed by atoms with E-state index < -0.39 is 0 Å². The van der Waals surface area contributed by atoms with Crippen LogP contribution in [-0.4, -0.2) is 21.5 Å². The van der Waals surface area contributed by atoms with Gasteiger partial charge in [-0.3, -0.25) is 0 Å². The summed E-state index contributed by atoms with van der Waals surface area (Å²) in [4.78, 5) is 8.74. The fourth-order valence-electron chi connectivity index (χ4n) is 1.89. The van der Waals surface area contributed by atoms with E-state index in [0.29, 0.717) is 5.82 Å². The first-order valence-electron chi connectivity index (χ1n) is 5.88. The number of benzene rings is 1. The van der Waals surface area contributed by atoms with Crippen molar-refractivity contribution in [2.45, 2.75) is 0 Å². The van der Waals surface area contributed by atoms with Crippen molar-refractivity contribution in [1.82, 2.24) is 14.4 Å². The van der Waals surface area contributed by atoms with Crippen LogP contribution in [0.4, 0.5) is 11.5 Å². The maximum Gasteiger partial charge on any atom is 0.180 e. The Labute approximate surface area is 146 Å². The molecule has 0 spiro atoms. The molecule has 0 amide bonds. The molecule has 8 heteroatoms. The van der Waals surface area contributed by atoms with Gasteiger partial charge in [-0.2, -0.15) is 0 Å². The summed E-state index contributed by atoms with van der Waals surface area (Å²) in [6.07, 6.45) is 5.45. The first-order chi connectivity index (χ1) is 10.1. The molecule has 1 aromatic carbocycles. The molecule has 0 fully saturated rings. The van der Waals surface area contributed by atoms with Crippen LogP contribution in [0.3, 0.4) is 0 Å². The lowest BCUT2D eigenvalue weighted by atomic mass is 10.3. The monoisotopic (exact) mass is 474 g/mol. The minimum absolute atomic E-state index is 0.652. The number of fused-ring (bicyclic) bond motifs is 1. The van der Waals surface area contributed by atoms with Crippen LogP contribution >= 0.6 is 47.8 Å². The highest BCUT2D eigenvalue weighted by atomic mass is 79.9. The Balaban J connectivity index is 2.08. The van der Waals surface area contributed by atoms with Gasteiger partial charge in [0.05, 0.1) is 17.3 Å². The Morgan fingerprint density at radius 1 is 1.19 bits per heavy atom. The quantitative estimate of drug-likeness (QED) is 0.591. The number of anilines is 2. The van der Waals surface area contributed by atoms with Crippen LogP contribution < -0.4 is 10.1 Å². The molecule has 0 radical (unpaired) electrons. The molecule has 0 saturated carbocycles. The summed E-state index contributed by atoms with van der Waals surface area (Å²) < 4.78 is 9.69. The summed E-state index contributed by atoms with van der Waals surface area (Å²) in [7, 11) is 1.63. The number of aromatic nitrogens is 3. The zero-order valence-corrected chi connectivity index (χ0v) is 15.5. The highest BCUT2D eigenvalue weighted by Crippen LogP contribution is 2.36. The molecule has 1 N–H and O–H groups in total. The van der Waals surface area contributed by atoms with Gasteiger partial charge in [0.15, 0.2) is 11.5 Å². The van der Waals surface area contributed by atoms with Gasteiger partial charge in [0.25, 0.3) is 0 Å². The first kappa shape index (κ1) is 14.8. The average Bonchev–Trinajstić information content (AvgIpc) is 2.89. The zero-order chi connectivity index (χ0) is 15.0. The third-order valence-electron chi connectivity index (χ3n) is 2.84. The van der Waals surface area contributed by atoms with E-state index in [1.54, 1.807) is 13.3 Å². The van der Waals surface area contributed by atoms with Crippen LogP contribution in [-0.2, 0) is 0 Å². The number of hydrogen-bond donors (Lipinski definition) is 1. The van der Waals surface area contributed by atoms with Gasteiger partial charge in [-0.15, -0.1) is 0 Å². The number of hydrogen-bond acceptors (Lipinski definition) is 4. The highest BCUT2D eigenvalue weighted by Gasteiger charge is 2.11. The van der Waals surface area contributed by atoms with Gasteiger partial charge in [0.1, 0.15) is 10.4 Å². The van der Waals surface area contributed by atoms with Gasteiger partial charge in [-0.05, 0) is 53.9 Å². The minimum Gasteiger partial charge on any atom is -0.495 e. The molecule has 0 aliphatic rings. The zero-order valence-electron chi connectivity index (χ0n) is 10.8. The summed E-state index contributed by atoms with van der Waals surface area (Å²) in [5.41, 5.74) is 1.58. The molecule has 0 atom stereocenters. The van der Waals surface area contributed by atoms with E-state index >= 15 is 0 Å². The first-order valence-corrected chi connectivity index (χ1v) is 8.25. The van der Waals surface area contributed by atoms with E-state index in [1.165, 1.54) is 0 Å². The summed E-state index contributed by atoms with van der Waals surface area (Å²) in [6.45, 7) is 0. The van der Waals surface area contributed by atoms with Crippen LogP contribution in [0.15, 0.2) is 44.3 Å². The van der Waals surface area contributed by atoms with E-state index in [0.717, 1.165) is 30.6 Å². The van der Waals surface area contributed by atoms with Crippen LogP contribution in [0.25, 0.3) is 5.65 Å². The van der Waals surface area contributed by atoms with Gasteiger partial charge in [0.2, 0.25) is 0 Å². The molecule has 0 bridgehead atoms. The van der Waals surface area contributed by atoms with E-state index in [9.17, 15) is 0 Å². The molecule has 2 heterocycles. The van der Waals surface area contributed by atoms with E-state index in [-0.39, 0.29) is 0 Å². The number of imidazole rings is 1. The van der Waals surface area contributed by atoms with Crippen LogP contribution in [0.1, 0.15) is 0 Å². The topological polar surface area (TPSA) is 51.5 Å². The van der Waals surface area contributed by atoms with Crippen molar-refractivity contribution >= 4 is 64.9 Å². The Morgan fingerprint density at radius 2 is 2.00 bits per heavy atom. The largest absolute Gasteiger partial charge is 0.495 e. The van der Waals surface area contributed by atoms with E-state index in [1.807, 2.05) is 28.9 Å². The molecule has 0 aliphatic carbocycles. The highest BCUT2D eigenvalue weighted by molar-refractivity contribution is 9.11. The number of rotatable bonds is 3. The molecule has 21 heavy (non-hydrogen) atoms. The summed E-state index contributed by atoms with van der Waals surface area (Å²) in [5, 5.41) is 3.27. The predicted octanol–water partition coefficient (Wildman–Crippen LogP) is 4.77. The Morgan fingerprint density at radius 3 is 2.76 bits per heavy atom. The van der Waals surface area contributed by atoms with Gasteiger partial charge in [-0.25, -0.2) is 9.97 Å². The molecule has 0 unspecified atom stereocenters. The van der Waals surface area contributed by atoms with Crippen LogP contribution in [0, 0.1) is 0 Å². The van der Waals surface area contributed by atoms with Gasteiger partial charge in [0, 0.05) is 29.1 Å². The fraction of sp³-hybridized carbons (Fsp3) is 0.0769. The standard InChI is InChI=1S/C13H9Br3N4O/c1-21-10-5-9(7(14)4-8(10)15)18-12-13-17-2-3-20(13)6-11(16)19-12/h2-6H,1H3,(H,18,19). The second kappa shape index (κ2) is 5.94. The summed E-state index contributed by atoms with van der Waals surface area (Å²) in [5.74, 6) is 1.38. The number of nitrogens with zero attached hydrogens (tertiary/aromatic N) is 3. The molecule has 3 aromatic rings. The number of nitrogens with one attached hydrogen (secondary N) is 1. The molecule has 3 rings (SSSR count). The van der Waals surface area contributed by atoms with Crippen molar-refractivity contribution in [3.05, 3.63) is 44.3 Å². The van der Waals surface area contributed by atoms with Crippen molar-refractivity contribution in [1.29, 1.82) is 0 Å². The average molecular weight is 477 g/mol. The SMILES string of the molecule is COc1cc(Nc2nc(Br)cn3ccnc23)c(Br)cc1Br. The normalized spacial score (nSPS) is 10.9. The molecular formula is C13H9Br3N4O. The van der Waals surface area contributed by atoms with Gasteiger partial charge >= 0.3 is 0 Å². The van der Waals surface area contributed by atoms with Crippen LogP contribution in [0.5, 0.6) is 5.75 Å². The predicted molar refractivity (Wildman–Crippen MR) is 92.4 cm³/mol. The fourth-order valence-corrected chi connectivity index (χ4v) is 3.55. The molecule has 0 saturated heterocycles. The second-order valence-electron chi connectivity index (χ2n) is 4.16. The van der Waals surface area contributed by atoms with Crippen molar-refractivity contribution in [2.24, 2.45) is 0 Å². The summed E-state index contributed by atoms with van der Waals surface area (Å²) >= 11 is 10.4. The number of halogens is 3. The Kier molecular flexibility index (Phi) is 4.19. The second-order valence-corrected chi connectivity index (χ2v) is 6.68. The summed E-state index contributed by atoms with van der Waals surface area (Å²) in [6, 6.07) is 3.80. The Bertz CT molecular complexity index is 819. The lowest BCUT2D eigenvalue weighted by Crippen LogP contribution is -2.00. The molecular weight excluding hydrogens is 468 g/mol. The van der Waals surface area contributed by atoms with Crippen molar-refractivity contribution in [3.63, 3.8) is 0 Å². The van der Waals surface area contributed by atoms with E-state index in [2.05, 4.69) is 63.1 Å². The van der Waals surface area contributed by atoms with Crippen molar-refractivity contribution < 1.29 is 4.74 Å². The molecule has 2 aromatic heterocycles. The maximum atomic E-state index is 5.32. The number of methoxy groups -OCH3 is 1. The van der Waals surface area contributed by atoms with E-state index in [4.69, 9.17) is 4.74 Å². The third kappa shape index (κ3) is 2.93. The number of ether oxygens (including phenoxy) is 1. The Hall–Kier alpha value is -1.12. The molecule has 0 aliphatic heterocycles. The van der Waals surface area contributed by atoms with Gasteiger partial charge in [-0.1, -0.05) is 0 Å². The smallest absolute Gasteiger partial charge is 0.180 e. The van der Waals surface area contributed by atoms with Crippen molar-refractivity contribution in [2.75, 3.05) is 12.4 Å².